The van der Waals surface area contributed by atoms with Gasteiger partial charge in [-0.15, -0.1) is 0 Å². The Morgan fingerprint density at radius 1 is 1.14 bits per heavy atom. The van der Waals surface area contributed by atoms with E-state index in [1.54, 1.807) is 18.7 Å². The van der Waals surface area contributed by atoms with Gasteiger partial charge in [-0.05, 0) is 40.0 Å². The number of carbonyl (C=O) groups excluding carboxylic acids is 2. The summed E-state index contributed by atoms with van der Waals surface area (Å²) in [7, 11) is 0. The Bertz CT molecular complexity index is 416. The van der Waals surface area contributed by atoms with Gasteiger partial charge in [0.1, 0.15) is 11.6 Å². The Morgan fingerprint density at radius 2 is 1.67 bits per heavy atom. The van der Waals surface area contributed by atoms with E-state index in [0.717, 1.165) is 0 Å². The number of rotatable bonds is 3. The smallest absolute Gasteiger partial charge is 0.246 e. The molecular formula is C16H30N2O3. The van der Waals surface area contributed by atoms with E-state index in [1.807, 2.05) is 41.5 Å². The first kappa shape index (κ1) is 18.0. The Labute approximate surface area is 128 Å². The molecule has 0 aromatic heterocycles. The Kier molecular flexibility index (Phi) is 4.78. The fraction of sp³-hybridized carbons (Fsp3) is 0.875. The first-order valence-electron chi connectivity index (χ1n) is 7.53. The average Bonchev–Trinajstić information content (AvgIpc) is 2.25. The van der Waals surface area contributed by atoms with Crippen molar-refractivity contribution in [1.82, 2.24) is 10.2 Å². The van der Waals surface area contributed by atoms with Gasteiger partial charge in [-0.3, -0.25) is 9.59 Å². The molecule has 0 aromatic rings. The average molecular weight is 298 g/mol. The largest absolute Gasteiger partial charge is 0.374 e. The van der Waals surface area contributed by atoms with E-state index >= 15 is 0 Å². The topological polar surface area (TPSA) is 58.6 Å². The molecule has 2 amide bonds. The third kappa shape index (κ3) is 4.19. The summed E-state index contributed by atoms with van der Waals surface area (Å²) in [5.74, 6) is -0.151. The predicted molar refractivity (Wildman–Crippen MR) is 82.9 cm³/mol. The van der Waals surface area contributed by atoms with Crippen molar-refractivity contribution >= 4 is 11.8 Å². The molecule has 1 aliphatic heterocycles. The molecule has 1 fully saturated rings. The molecule has 0 aliphatic carbocycles. The molecule has 1 atom stereocenters. The number of piperazine rings is 1. The molecule has 1 saturated heterocycles. The molecule has 0 bridgehead atoms. The SMILES string of the molecule is CC(C)(C)OCCN1C(=O)C(C(C)(C)C)NC(=O)C1(C)C. The maximum atomic E-state index is 12.7. The first-order chi connectivity index (χ1) is 9.27. The standard InChI is InChI=1S/C16H30N2O3/c1-14(2,3)11-12(19)18(9-10-21-15(4,5)6)16(7,8)13(20)17-11/h11H,9-10H2,1-8H3,(H,17,20). The summed E-state index contributed by atoms with van der Waals surface area (Å²) >= 11 is 0. The van der Waals surface area contributed by atoms with Gasteiger partial charge in [0.2, 0.25) is 11.8 Å². The highest BCUT2D eigenvalue weighted by Gasteiger charge is 2.49. The van der Waals surface area contributed by atoms with Crippen LogP contribution in [0.15, 0.2) is 0 Å². The molecule has 5 nitrogen and oxygen atoms in total. The van der Waals surface area contributed by atoms with E-state index < -0.39 is 11.6 Å². The monoisotopic (exact) mass is 298 g/mol. The van der Waals surface area contributed by atoms with Gasteiger partial charge in [-0.25, -0.2) is 0 Å². The van der Waals surface area contributed by atoms with Crippen molar-refractivity contribution in [3.63, 3.8) is 0 Å². The minimum Gasteiger partial charge on any atom is -0.374 e. The van der Waals surface area contributed by atoms with Gasteiger partial charge in [-0.2, -0.15) is 0 Å². The quantitative estimate of drug-likeness (QED) is 0.866. The number of hydrogen-bond acceptors (Lipinski definition) is 3. The maximum absolute atomic E-state index is 12.7. The second kappa shape index (κ2) is 5.59. The molecule has 122 valence electrons. The van der Waals surface area contributed by atoms with Crippen molar-refractivity contribution in [3.8, 4) is 0 Å². The zero-order chi connectivity index (χ0) is 16.6. The van der Waals surface area contributed by atoms with E-state index in [2.05, 4.69) is 5.32 Å². The molecule has 0 aromatic carbocycles. The van der Waals surface area contributed by atoms with Crippen LogP contribution in [-0.2, 0) is 14.3 Å². The van der Waals surface area contributed by atoms with E-state index in [9.17, 15) is 9.59 Å². The number of amides is 2. The van der Waals surface area contributed by atoms with Crippen molar-refractivity contribution in [2.24, 2.45) is 5.41 Å². The Morgan fingerprint density at radius 3 is 2.10 bits per heavy atom. The van der Waals surface area contributed by atoms with E-state index in [4.69, 9.17) is 4.74 Å². The van der Waals surface area contributed by atoms with Crippen molar-refractivity contribution < 1.29 is 14.3 Å². The van der Waals surface area contributed by atoms with Crippen molar-refractivity contribution in [3.05, 3.63) is 0 Å². The lowest BCUT2D eigenvalue weighted by Gasteiger charge is -2.47. The van der Waals surface area contributed by atoms with Crippen LogP contribution in [0.3, 0.4) is 0 Å². The molecule has 0 spiro atoms. The third-order valence-electron chi connectivity index (χ3n) is 3.73. The van der Waals surface area contributed by atoms with Crippen molar-refractivity contribution in [2.75, 3.05) is 13.2 Å². The second-order valence-electron chi connectivity index (χ2n) is 8.28. The molecule has 1 heterocycles. The van der Waals surface area contributed by atoms with Crippen LogP contribution in [0, 0.1) is 5.41 Å². The van der Waals surface area contributed by atoms with Crippen LogP contribution in [0.2, 0.25) is 0 Å². The van der Waals surface area contributed by atoms with Gasteiger partial charge in [-0.1, -0.05) is 20.8 Å². The summed E-state index contributed by atoms with van der Waals surface area (Å²) in [6.45, 7) is 16.2. The van der Waals surface area contributed by atoms with Crippen molar-refractivity contribution in [1.29, 1.82) is 0 Å². The van der Waals surface area contributed by atoms with Gasteiger partial charge in [0, 0.05) is 6.54 Å². The fourth-order valence-electron chi connectivity index (χ4n) is 2.34. The van der Waals surface area contributed by atoms with Crippen LogP contribution < -0.4 is 5.32 Å². The zero-order valence-electron chi connectivity index (χ0n) is 14.7. The second-order valence-corrected chi connectivity index (χ2v) is 8.28. The van der Waals surface area contributed by atoms with E-state index in [-0.39, 0.29) is 22.8 Å². The highest BCUT2D eigenvalue weighted by atomic mass is 16.5. The lowest BCUT2D eigenvalue weighted by atomic mass is 9.82. The van der Waals surface area contributed by atoms with Gasteiger partial charge in [0.05, 0.1) is 12.2 Å². The minimum absolute atomic E-state index is 0.0374. The molecule has 1 N–H and O–H groups in total. The van der Waals surface area contributed by atoms with Crippen LogP contribution >= 0.6 is 0 Å². The molecule has 5 heteroatoms. The van der Waals surface area contributed by atoms with Crippen LogP contribution in [0.5, 0.6) is 0 Å². The highest BCUT2D eigenvalue weighted by molar-refractivity contribution is 5.99. The van der Waals surface area contributed by atoms with Crippen LogP contribution in [0.1, 0.15) is 55.4 Å². The minimum atomic E-state index is -0.847. The third-order valence-corrected chi connectivity index (χ3v) is 3.73. The molecule has 0 radical (unpaired) electrons. The number of nitrogens with one attached hydrogen (secondary N) is 1. The van der Waals surface area contributed by atoms with Gasteiger partial charge in [0.15, 0.2) is 0 Å². The molecule has 21 heavy (non-hydrogen) atoms. The summed E-state index contributed by atoms with van der Waals surface area (Å²) in [5, 5.41) is 2.86. The fourth-order valence-corrected chi connectivity index (χ4v) is 2.34. The summed E-state index contributed by atoms with van der Waals surface area (Å²) in [6.07, 6.45) is 0. The number of hydrogen-bond donors (Lipinski definition) is 1. The predicted octanol–water partition coefficient (Wildman–Crippen LogP) is 1.95. The zero-order valence-corrected chi connectivity index (χ0v) is 14.7. The lowest BCUT2D eigenvalue weighted by molar-refractivity contribution is -0.160. The van der Waals surface area contributed by atoms with E-state index in [1.165, 1.54) is 0 Å². The molecular weight excluding hydrogens is 268 g/mol. The number of nitrogens with zero attached hydrogens (tertiary/aromatic N) is 1. The van der Waals surface area contributed by atoms with Gasteiger partial charge in [0.25, 0.3) is 0 Å². The lowest BCUT2D eigenvalue weighted by Crippen LogP contribution is -2.71. The number of ether oxygens (including phenoxy) is 1. The van der Waals surface area contributed by atoms with Crippen molar-refractivity contribution in [2.45, 2.75) is 72.6 Å². The molecule has 0 saturated carbocycles. The summed E-state index contributed by atoms with van der Waals surface area (Å²) in [6, 6.07) is -0.493. The summed E-state index contributed by atoms with van der Waals surface area (Å²) in [4.78, 5) is 26.7. The van der Waals surface area contributed by atoms with Crippen LogP contribution in [0.25, 0.3) is 0 Å². The Hall–Kier alpha value is -1.10. The van der Waals surface area contributed by atoms with Crippen LogP contribution in [-0.4, -0.2) is 47.0 Å². The van der Waals surface area contributed by atoms with E-state index in [0.29, 0.717) is 13.2 Å². The summed E-state index contributed by atoms with van der Waals surface area (Å²) < 4.78 is 5.70. The van der Waals surface area contributed by atoms with Gasteiger partial charge >= 0.3 is 0 Å². The van der Waals surface area contributed by atoms with Gasteiger partial charge < -0.3 is 15.0 Å². The molecule has 1 unspecified atom stereocenters. The number of carbonyl (C=O) groups is 2. The molecule has 1 aliphatic rings. The highest BCUT2D eigenvalue weighted by Crippen LogP contribution is 2.29. The Balaban J connectivity index is 2.90. The van der Waals surface area contributed by atoms with Crippen LogP contribution in [0.4, 0.5) is 0 Å². The maximum Gasteiger partial charge on any atom is 0.246 e. The first-order valence-corrected chi connectivity index (χ1v) is 7.53. The normalized spacial score (nSPS) is 23.2. The molecule has 1 rings (SSSR count). The summed E-state index contributed by atoms with van der Waals surface area (Å²) in [5.41, 5.74) is -1.42.